The third-order valence-corrected chi connectivity index (χ3v) is 6.24. The lowest BCUT2D eigenvalue weighted by Crippen LogP contribution is -2.36. The molecule has 0 fully saturated rings. The summed E-state index contributed by atoms with van der Waals surface area (Å²) in [4.78, 5) is 0.136. The Hall–Kier alpha value is -0.270. The maximum Gasteiger partial charge on any atom is 0.242 e. The van der Waals surface area contributed by atoms with E-state index in [0.29, 0.717) is 13.1 Å². The van der Waals surface area contributed by atoms with Gasteiger partial charge >= 0.3 is 0 Å². The summed E-state index contributed by atoms with van der Waals surface area (Å²) in [5.41, 5.74) is 0.894. The van der Waals surface area contributed by atoms with E-state index in [-0.39, 0.29) is 14.7 Å². The summed E-state index contributed by atoms with van der Waals surface area (Å²) in [6, 6.07) is 5.08. The van der Waals surface area contributed by atoms with Crippen LogP contribution in [0.1, 0.15) is 26.3 Å². The summed E-state index contributed by atoms with van der Waals surface area (Å²) in [6.07, 6.45) is 1.96. The molecule has 0 amide bonds. The molecule has 0 saturated carbocycles. The minimum absolute atomic E-state index is 0.136. The Morgan fingerprint density at radius 1 is 1.33 bits per heavy atom. The number of benzene rings is 1. The van der Waals surface area contributed by atoms with E-state index < -0.39 is 10.0 Å². The zero-order chi connectivity index (χ0) is 16.1. The van der Waals surface area contributed by atoms with Crippen LogP contribution in [-0.4, -0.2) is 32.5 Å². The molecule has 0 aliphatic carbocycles. The second-order valence-corrected chi connectivity index (χ2v) is 8.99. The highest BCUT2D eigenvalue weighted by Gasteiger charge is 2.23. The molecule has 21 heavy (non-hydrogen) atoms. The van der Waals surface area contributed by atoms with Gasteiger partial charge in [-0.05, 0) is 44.3 Å². The molecule has 1 rings (SSSR count). The van der Waals surface area contributed by atoms with Crippen LogP contribution in [0.4, 0.5) is 0 Å². The van der Waals surface area contributed by atoms with Crippen molar-refractivity contribution in [1.29, 1.82) is 0 Å². The third kappa shape index (κ3) is 5.79. The fraction of sp³-hybridized carbons (Fsp3) is 0.571. The highest BCUT2D eigenvalue weighted by Crippen LogP contribution is 2.24. The normalized spacial score (nSPS) is 12.6. The smallest absolute Gasteiger partial charge is 0.242 e. The summed E-state index contributed by atoms with van der Waals surface area (Å²) in [6.45, 7) is 7.77. The van der Waals surface area contributed by atoms with E-state index in [2.05, 4.69) is 10.0 Å². The van der Waals surface area contributed by atoms with Gasteiger partial charge in [0.1, 0.15) is 4.90 Å². The molecule has 120 valence electrons. The van der Waals surface area contributed by atoms with Crippen LogP contribution in [-0.2, 0) is 16.6 Å². The van der Waals surface area contributed by atoms with Crippen LogP contribution in [0.5, 0.6) is 0 Å². The Bertz CT molecular complexity index is 574. The molecular weight excluding hydrogens is 328 g/mol. The van der Waals surface area contributed by atoms with E-state index in [1.807, 2.05) is 33.1 Å². The molecule has 7 heteroatoms. The Balaban J connectivity index is 2.96. The maximum atomic E-state index is 12.4. The molecule has 1 aromatic rings. The van der Waals surface area contributed by atoms with Crippen LogP contribution in [0.15, 0.2) is 23.1 Å². The van der Waals surface area contributed by atoms with Crippen LogP contribution in [0.25, 0.3) is 0 Å². The van der Waals surface area contributed by atoms with Crippen LogP contribution >= 0.6 is 23.4 Å². The molecule has 1 aromatic carbocycles. The van der Waals surface area contributed by atoms with Gasteiger partial charge in [0.2, 0.25) is 10.0 Å². The van der Waals surface area contributed by atoms with Gasteiger partial charge in [0.25, 0.3) is 0 Å². The van der Waals surface area contributed by atoms with Crippen LogP contribution < -0.4 is 10.0 Å². The molecule has 0 radical (unpaired) electrons. The molecule has 0 aliphatic rings. The van der Waals surface area contributed by atoms with Crippen LogP contribution in [0, 0.1) is 0 Å². The predicted octanol–water partition coefficient (Wildman–Crippen LogP) is 2.87. The number of sulfonamides is 1. The van der Waals surface area contributed by atoms with Gasteiger partial charge in [-0.25, -0.2) is 13.1 Å². The van der Waals surface area contributed by atoms with Crippen LogP contribution in [0.3, 0.4) is 0 Å². The van der Waals surface area contributed by atoms with Crippen LogP contribution in [0.2, 0.25) is 5.02 Å². The van der Waals surface area contributed by atoms with Crippen molar-refractivity contribution in [3.8, 4) is 0 Å². The second-order valence-electron chi connectivity index (χ2n) is 5.33. The van der Waals surface area contributed by atoms with Gasteiger partial charge in [0.15, 0.2) is 0 Å². The zero-order valence-electron chi connectivity index (χ0n) is 12.9. The average molecular weight is 351 g/mol. The van der Waals surface area contributed by atoms with Crippen molar-refractivity contribution >= 4 is 33.4 Å². The Labute approximate surface area is 137 Å². The maximum absolute atomic E-state index is 12.4. The number of nitrogens with one attached hydrogen (secondary N) is 2. The van der Waals surface area contributed by atoms with Gasteiger partial charge in [-0.2, -0.15) is 11.8 Å². The quantitative estimate of drug-likeness (QED) is 0.757. The lowest BCUT2D eigenvalue weighted by Gasteiger charge is -2.22. The highest BCUT2D eigenvalue weighted by molar-refractivity contribution is 8.00. The standard InChI is InChI=1S/C14H23ClN2O2S2/c1-5-16-9-11-6-7-12(15)13(8-11)21(18,19)17-10-14(2,3)20-4/h6-8,16-17H,5,9-10H2,1-4H3. The molecular formula is C14H23ClN2O2S2. The highest BCUT2D eigenvalue weighted by atomic mass is 35.5. The van der Waals surface area contributed by atoms with Crippen molar-refractivity contribution in [1.82, 2.24) is 10.0 Å². The lowest BCUT2D eigenvalue weighted by atomic mass is 10.2. The molecule has 0 spiro atoms. The largest absolute Gasteiger partial charge is 0.313 e. The SMILES string of the molecule is CCNCc1ccc(Cl)c(S(=O)(=O)NCC(C)(C)SC)c1. The first kappa shape index (κ1) is 18.8. The monoisotopic (exact) mass is 350 g/mol. The minimum atomic E-state index is -3.60. The summed E-state index contributed by atoms with van der Waals surface area (Å²) in [7, 11) is -3.60. The average Bonchev–Trinajstić information content (AvgIpc) is 2.44. The van der Waals surface area contributed by atoms with Gasteiger partial charge < -0.3 is 5.32 Å². The summed E-state index contributed by atoms with van der Waals surface area (Å²) < 4.78 is 27.3. The molecule has 4 nitrogen and oxygen atoms in total. The number of halogens is 1. The number of thioether (sulfide) groups is 1. The minimum Gasteiger partial charge on any atom is -0.313 e. The zero-order valence-corrected chi connectivity index (χ0v) is 15.3. The topological polar surface area (TPSA) is 58.2 Å². The molecule has 0 aliphatic heterocycles. The van der Waals surface area contributed by atoms with Gasteiger partial charge in [-0.15, -0.1) is 0 Å². The molecule has 2 N–H and O–H groups in total. The van der Waals surface area contributed by atoms with Crippen molar-refractivity contribution in [2.45, 2.75) is 37.0 Å². The molecule has 0 heterocycles. The van der Waals surface area contributed by atoms with E-state index in [1.54, 1.807) is 23.9 Å². The van der Waals surface area contributed by atoms with Crippen molar-refractivity contribution < 1.29 is 8.42 Å². The van der Waals surface area contributed by atoms with Gasteiger partial charge in [-0.1, -0.05) is 24.6 Å². The molecule has 0 atom stereocenters. The van der Waals surface area contributed by atoms with Gasteiger partial charge in [0, 0.05) is 17.8 Å². The predicted molar refractivity (Wildman–Crippen MR) is 91.6 cm³/mol. The summed E-state index contributed by atoms with van der Waals surface area (Å²) in [5.74, 6) is 0. The van der Waals surface area contributed by atoms with Gasteiger partial charge in [-0.3, -0.25) is 0 Å². The first-order chi connectivity index (χ1) is 9.72. The Morgan fingerprint density at radius 2 is 2.00 bits per heavy atom. The van der Waals surface area contributed by atoms with Crippen molar-refractivity contribution in [2.75, 3.05) is 19.3 Å². The first-order valence-corrected chi connectivity index (χ1v) is 9.84. The number of rotatable bonds is 8. The second kappa shape index (κ2) is 7.83. The number of hydrogen-bond donors (Lipinski definition) is 2. The van der Waals surface area contributed by atoms with E-state index >= 15 is 0 Å². The lowest BCUT2D eigenvalue weighted by molar-refractivity contribution is 0.570. The fourth-order valence-corrected chi connectivity index (χ4v) is 3.62. The molecule has 0 unspecified atom stereocenters. The van der Waals surface area contributed by atoms with Gasteiger partial charge in [0.05, 0.1) is 5.02 Å². The van der Waals surface area contributed by atoms with E-state index in [4.69, 9.17) is 11.6 Å². The molecule has 0 bridgehead atoms. The molecule has 0 aromatic heterocycles. The number of hydrogen-bond acceptors (Lipinski definition) is 4. The third-order valence-electron chi connectivity index (χ3n) is 3.10. The first-order valence-electron chi connectivity index (χ1n) is 6.76. The van der Waals surface area contributed by atoms with E-state index in [9.17, 15) is 8.42 Å². The van der Waals surface area contributed by atoms with Crippen molar-refractivity contribution in [3.05, 3.63) is 28.8 Å². The Kier molecular flexibility index (Phi) is 7.00. The van der Waals surface area contributed by atoms with E-state index in [0.717, 1.165) is 12.1 Å². The molecule has 0 saturated heterocycles. The Morgan fingerprint density at radius 3 is 2.57 bits per heavy atom. The van der Waals surface area contributed by atoms with Crippen molar-refractivity contribution in [3.63, 3.8) is 0 Å². The summed E-state index contributed by atoms with van der Waals surface area (Å²) in [5, 5.41) is 3.41. The summed E-state index contributed by atoms with van der Waals surface area (Å²) >= 11 is 7.67. The van der Waals surface area contributed by atoms with E-state index in [1.165, 1.54) is 0 Å². The van der Waals surface area contributed by atoms with Crippen molar-refractivity contribution in [2.24, 2.45) is 0 Å². The fourth-order valence-electron chi connectivity index (χ4n) is 1.55.